The highest BCUT2D eigenvalue weighted by molar-refractivity contribution is 6.02. The maximum absolute atomic E-state index is 12.6. The van der Waals surface area contributed by atoms with Gasteiger partial charge in [-0.15, -0.1) is 0 Å². The van der Waals surface area contributed by atoms with Crippen molar-refractivity contribution in [2.45, 2.75) is 25.8 Å². The van der Waals surface area contributed by atoms with Gasteiger partial charge in [0.05, 0.1) is 7.11 Å². The van der Waals surface area contributed by atoms with Crippen LogP contribution >= 0.6 is 0 Å². The second kappa shape index (κ2) is 7.38. The molecule has 2 aromatic carbocycles. The normalized spacial score (nSPS) is 15.6. The fourth-order valence-electron chi connectivity index (χ4n) is 3.26. The van der Waals surface area contributed by atoms with Gasteiger partial charge in [0.25, 0.3) is 0 Å². The van der Waals surface area contributed by atoms with Crippen LogP contribution in [0.3, 0.4) is 0 Å². The van der Waals surface area contributed by atoms with Crippen LogP contribution in [0.25, 0.3) is 0 Å². The van der Waals surface area contributed by atoms with Crippen LogP contribution in [-0.2, 0) is 22.4 Å². The van der Waals surface area contributed by atoms with Gasteiger partial charge in [0, 0.05) is 25.6 Å². The molecule has 0 fully saturated rings. The van der Waals surface area contributed by atoms with Crippen LogP contribution in [0.15, 0.2) is 48.5 Å². The van der Waals surface area contributed by atoms with Gasteiger partial charge >= 0.3 is 0 Å². The van der Waals surface area contributed by atoms with Gasteiger partial charge in [0.1, 0.15) is 11.8 Å². The number of carbonyl (C=O) groups is 2. The number of fused-ring (bicyclic) bond motifs is 1. The third-order valence-electron chi connectivity index (χ3n) is 4.47. The fraction of sp³-hybridized carbons (Fsp3) is 0.300. The van der Waals surface area contributed by atoms with Crippen molar-refractivity contribution < 1.29 is 14.3 Å². The highest BCUT2D eigenvalue weighted by Crippen LogP contribution is 2.32. The molecule has 1 aliphatic heterocycles. The Balaban J connectivity index is 1.62. The van der Waals surface area contributed by atoms with E-state index in [9.17, 15) is 9.59 Å². The van der Waals surface area contributed by atoms with E-state index in [2.05, 4.69) is 5.32 Å². The van der Waals surface area contributed by atoms with Crippen LogP contribution in [0.1, 0.15) is 18.1 Å². The van der Waals surface area contributed by atoms with E-state index in [0.29, 0.717) is 19.4 Å². The molecule has 1 atom stereocenters. The molecule has 1 N–H and O–H groups in total. The summed E-state index contributed by atoms with van der Waals surface area (Å²) in [6.07, 6.45) is 1.27. The summed E-state index contributed by atoms with van der Waals surface area (Å²) in [7, 11) is 1.63. The Morgan fingerprint density at radius 2 is 2.00 bits per heavy atom. The summed E-state index contributed by atoms with van der Waals surface area (Å²) >= 11 is 0. The number of carbonyl (C=O) groups excluding carboxylic acids is 2. The molecule has 1 aliphatic rings. The van der Waals surface area contributed by atoms with Gasteiger partial charge in [-0.2, -0.15) is 0 Å². The summed E-state index contributed by atoms with van der Waals surface area (Å²) in [6.45, 7) is 2.02. The Kier molecular flexibility index (Phi) is 5.03. The number of para-hydroxylation sites is 1. The van der Waals surface area contributed by atoms with Crippen molar-refractivity contribution in [2.75, 3.05) is 18.6 Å². The summed E-state index contributed by atoms with van der Waals surface area (Å²) in [5, 5.41) is 2.96. The molecule has 0 aliphatic carbocycles. The largest absolute Gasteiger partial charge is 0.497 e. The fourth-order valence-corrected chi connectivity index (χ4v) is 3.26. The number of hydrogen-bond donors (Lipinski definition) is 1. The lowest BCUT2D eigenvalue weighted by atomic mass is 10.1. The van der Waals surface area contributed by atoms with Crippen molar-refractivity contribution >= 4 is 17.5 Å². The molecule has 5 heteroatoms. The Morgan fingerprint density at radius 1 is 1.20 bits per heavy atom. The van der Waals surface area contributed by atoms with Crippen LogP contribution < -0.4 is 15.0 Å². The van der Waals surface area contributed by atoms with Crippen LogP contribution in [-0.4, -0.2) is 31.5 Å². The lowest BCUT2D eigenvalue weighted by Gasteiger charge is -2.23. The Bertz CT molecular complexity index is 788. The van der Waals surface area contributed by atoms with E-state index in [0.717, 1.165) is 22.6 Å². The number of benzene rings is 2. The molecule has 0 spiro atoms. The highest BCUT2D eigenvalue weighted by atomic mass is 16.5. The van der Waals surface area contributed by atoms with Crippen LogP contribution in [0.4, 0.5) is 5.69 Å². The first-order valence-corrected chi connectivity index (χ1v) is 8.38. The van der Waals surface area contributed by atoms with Gasteiger partial charge in [0.2, 0.25) is 11.8 Å². The molecule has 0 unspecified atom stereocenters. The zero-order chi connectivity index (χ0) is 17.8. The highest BCUT2D eigenvalue weighted by Gasteiger charge is 2.36. The third kappa shape index (κ3) is 3.65. The van der Waals surface area contributed by atoms with Crippen molar-refractivity contribution in [1.82, 2.24) is 5.32 Å². The van der Waals surface area contributed by atoms with E-state index in [4.69, 9.17) is 4.74 Å². The SMILES string of the molecule is COc1cccc(CCNC(=O)[C@@H]2Cc3ccccc3N2C(C)=O)c1. The molecule has 3 rings (SSSR count). The van der Waals surface area contributed by atoms with Crippen molar-refractivity contribution in [2.24, 2.45) is 0 Å². The van der Waals surface area contributed by atoms with Crippen LogP contribution in [0.2, 0.25) is 0 Å². The van der Waals surface area contributed by atoms with Gasteiger partial charge in [-0.1, -0.05) is 30.3 Å². The summed E-state index contributed by atoms with van der Waals surface area (Å²) in [4.78, 5) is 26.2. The predicted octanol–water partition coefficient (Wildman–Crippen LogP) is 2.33. The second-order valence-corrected chi connectivity index (χ2v) is 6.13. The minimum atomic E-state index is -0.472. The third-order valence-corrected chi connectivity index (χ3v) is 4.47. The molecule has 5 nitrogen and oxygen atoms in total. The molecule has 0 bridgehead atoms. The smallest absolute Gasteiger partial charge is 0.243 e. The number of anilines is 1. The van der Waals surface area contributed by atoms with E-state index in [1.54, 1.807) is 12.0 Å². The summed E-state index contributed by atoms with van der Waals surface area (Å²) in [5.41, 5.74) is 2.96. The number of methoxy groups -OCH3 is 1. The number of rotatable bonds is 5. The Labute approximate surface area is 147 Å². The first kappa shape index (κ1) is 17.0. The second-order valence-electron chi connectivity index (χ2n) is 6.13. The first-order chi connectivity index (χ1) is 12.1. The minimum absolute atomic E-state index is 0.113. The van der Waals surface area contributed by atoms with Crippen molar-refractivity contribution in [3.8, 4) is 5.75 Å². The quantitative estimate of drug-likeness (QED) is 0.910. The van der Waals surface area contributed by atoms with Gasteiger partial charge < -0.3 is 10.1 Å². The molecule has 0 radical (unpaired) electrons. The lowest BCUT2D eigenvalue weighted by molar-refractivity contribution is -0.125. The van der Waals surface area contributed by atoms with E-state index >= 15 is 0 Å². The molecule has 2 aromatic rings. The van der Waals surface area contributed by atoms with Gasteiger partial charge in [0.15, 0.2) is 0 Å². The number of nitrogens with one attached hydrogen (secondary N) is 1. The molecule has 0 aromatic heterocycles. The van der Waals surface area contributed by atoms with E-state index in [-0.39, 0.29) is 11.8 Å². The summed E-state index contributed by atoms with van der Waals surface area (Å²) in [5.74, 6) is 0.574. The average Bonchev–Trinajstić information content (AvgIpc) is 3.01. The zero-order valence-corrected chi connectivity index (χ0v) is 14.5. The molecule has 0 saturated heterocycles. The monoisotopic (exact) mass is 338 g/mol. The standard InChI is InChI=1S/C20H22N2O3/c1-14(23)22-18-9-4-3-7-16(18)13-19(22)20(24)21-11-10-15-6-5-8-17(12-15)25-2/h3-9,12,19H,10-11,13H2,1-2H3,(H,21,24)/t19-/m0/s1. The van der Waals surface area contributed by atoms with Crippen molar-refractivity contribution in [3.63, 3.8) is 0 Å². The number of amides is 2. The first-order valence-electron chi connectivity index (χ1n) is 8.38. The van der Waals surface area contributed by atoms with Gasteiger partial charge in [-0.25, -0.2) is 0 Å². The van der Waals surface area contributed by atoms with Gasteiger partial charge in [-0.05, 0) is 35.7 Å². The molecule has 2 amide bonds. The molecule has 130 valence electrons. The lowest BCUT2D eigenvalue weighted by Crippen LogP contribution is -2.47. The van der Waals surface area contributed by atoms with Crippen molar-refractivity contribution in [1.29, 1.82) is 0 Å². The number of nitrogens with zero attached hydrogens (tertiary/aromatic N) is 1. The van der Waals surface area contributed by atoms with Crippen molar-refractivity contribution in [3.05, 3.63) is 59.7 Å². The van der Waals surface area contributed by atoms with E-state index < -0.39 is 6.04 Å². The molecular weight excluding hydrogens is 316 g/mol. The topological polar surface area (TPSA) is 58.6 Å². The van der Waals surface area contributed by atoms with E-state index in [1.807, 2.05) is 48.5 Å². The number of hydrogen-bond acceptors (Lipinski definition) is 3. The molecular formula is C20H22N2O3. The number of ether oxygens (including phenoxy) is 1. The van der Waals surface area contributed by atoms with Gasteiger partial charge in [-0.3, -0.25) is 14.5 Å². The maximum atomic E-state index is 12.6. The Morgan fingerprint density at radius 3 is 2.76 bits per heavy atom. The molecule has 25 heavy (non-hydrogen) atoms. The zero-order valence-electron chi connectivity index (χ0n) is 14.5. The summed E-state index contributed by atoms with van der Waals surface area (Å²) in [6, 6.07) is 15.0. The maximum Gasteiger partial charge on any atom is 0.243 e. The average molecular weight is 338 g/mol. The summed E-state index contributed by atoms with van der Waals surface area (Å²) < 4.78 is 5.21. The van der Waals surface area contributed by atoms with Crippen LogP contribution in [0.5, 0.6) is 5.75 Å². The van der Waals surface area contributed by atoms with Crippen LogP contribution in [0, 0.1) is 0 Å². The molecule has 0 saturated carbocycles. The molecule has 1 heterocycles. The Hall–Kier alpha value is -2.82. The van der Waals surface area contributed by atoms with E-state index in [1.165, 1.54) is 6.92 Å². The minimum Gasteiger partial charge on any atom is -0.497 e. The predicted molar refractivity (Wildman–Crippen MR) is 96.8 cm³/mol.